The zero-order valence-corrected chi connectivity index (χ0v) is 20.5. The van der Waals surface area contributed by atoms with Crippen LogP contribution in [0.25, 0.3) is 0 Å². The summed E-state index contributed by atoms with van der Waals surface area (Å²) >= 11 is 12.1. The largest absolute Gasteiger partial charge is 0.480 e. The minimum absolute atomic E-state index is 0.0277. The summed E-state index contributed by atoms with van der Waals surface area (Å²) in [6, 6.07) is 10.2. The van der Waals surface area contributed by atoms with Crippen LogP contribution in [-0.4, -0.2) is 54.5 Å². The Morgan fingerprint density at radius 2 is 1.77 bits per heavy atom. The van der Waals surface area contributed by atoms with Gasteiger partial charge in [-0.25, -0.2) is 4.79 Å². The van der Waals surface area contributed by atoms with E-state index < -0.39 is 17.9 Å². The minimum Gasteiger partial charge on any atom is -0.480 e. The van der Waals surface area contributed by atoms with E-state index in [0.717, 1.165) is 38.4 Å². The molecule has 1 aliphatic rings. The summed E-state index contributed by atoms with van der Waals surface area (Å²) in [5.74, 6) is -1.14. The first-order valence-electron chi connectivity index (χ1n) is 11.2. The number of carbonyl (C=O) groups excluding carboxylic acids is 2. The van der Waals surface area contributed by atoms with Crippen LogP contribution in [0.5, 0.6) is 0 Å². The van der Waals surface area contributed by atoms with Gasteiger partial charge in [0.2, 0.25) is 5.91 Å². The van der Waals surface area contributed by atoms with Crippen LogP contribution in [0.2, 0.25) is 10.0 Å². The lowest BCUT2D eigenvalue weighted by molar-refractivity contribution is -0.139. The van der Waals surface area contributed by atoms with Crippen molar-refractivity contribution in [3.8, 4) is 0 Å². The summed E-state index contributed by atoms with van der Waals surface area (Å²) < 4.78 is 0. The highest BCUT2D eigenvalue weighted by atomic mass is 35.5. The summed E-state index contributed by atoms with van der Waals surface area (Å²) in [5.41, 5.74) is 1.32. The number of hydrogen-bond acceptors (Lipinski definition) is 6. The molecular weight excluding hydrogens is 493 g/mol. The number of carboxylic acids is 1. The van der Waals surface area contributed by atoms with Crippen molar-refractivity contribution in [3.63, 3.8) is 0 Å². The molecule has 0 saturated carbocycles. The van der Waals surface area contributed by atoms with Crippen LogP contribution in [0.3, 0.4) is 0 Å². The van der Waals surface area contributed by atoms with Crippen LogP contribution in [-0.2, 0) is 16.0 Å². The Labute approximate surface area is 213 Å². The van der Waals surface area contributed by atoms with Crippen molar-refractivity contribution >= 4 is 52.6 Å². The average molecular weight is 520 g/mol. The third-order valence-corrected chi connectivity index (χ3v) is 5.90. The molecule has 0 radical (unpaired) electrons. The average Bonchev–Trinajstić information content (AvgIpc) is 3.33. The maximum atomic E-state index is 12.6. The second kappa shape index (κ2) is 13.0. The number of guanidine groups is 1. The van der Waals surface area contributed by atoms with Crippen molar-refractivity contribution in [2.75, 3.05) is 25.0 Å². The number of carboxylic acid groups (broad SMARTS) is 1. The Hall–Kier alpha value is -3.30. The normalized spacial score (nSPS) is 13.4. The van der Waals surface area contributed by atoms with Crippen molar-refractivity contribution < 1.29 is 19.5 Å². The maximum absolute atomic E-state index is 12.6. The van der Waals surface area contributed by atoms with Crippen molar-refractivity contribution in [1.82, 2.24) is 16.0 Å². The van der Waals surface area contributed by atoms with Gasteiger partial charge in [-0.05, 0) is 42.7 Å². The van der Waals surface area contributed by atoms with Gasteiger partial charge in [-0.2, -0.15) is 0 Å². The molecule has 0 spiro atoms. The van der Waals surface area contributed by atoms with E-state index in [-0.39, 0.29) is 27.9 Å². The summed E-state index contributed by atoms with van der Waals surface area (Å²) in [6.45, 7) is 2.39. The van der Waals surface area contributed by atoms with Crippen LogP contribution in [0.15, 0.2) is 47.5 Å². The lowest BCUT2D eigenvalue weighted by Gasteiger charge is -2.16. The molecule has 35 heavy (non-hydrogen) atoms. The second-order valence-corrected chi connectivity index (χ2v) is 8.77. The number of hydrogen-bond donors (Lipinski definition) is 5. The van der Waals surface area contributed by atoms with Gasteiger partial charge in [-0.3, -0.25) is 14.6 Å². The highest BCUT2D eigenvalue weighted by molar-refractivity contribution is 6.39. The Morgan fingerprint density at radius 3 is 2.40 bits per heavy atom. The van der Waals surface area contributed by atoms with Gasteiger partial charge in [-0.1, -0.05) is 41.4 Å². The fourth-order valence-electron chi connectivity index (χ4n) is 3.46. The summed E-state index contributed by atoms with van der Waals surface area (Å²) in [4.78, 5) is 40.7. The van der Waals surface area contributed by atoms with Gasteiger partial charge in [0.1, 0.15) is 6.04 Å². The molecule has 1 heterocycles. The lowest BCUT2D eigenvalue weighted by atomic mass is 10.0. The number of nitrogens with one attached hydrogen (secondary N) is 4. The van der Waals surface area contributed by atoms with Gasteiger partial charge in [0.05, 0.1) is 22.2 Å². The molecule has 2 aromatic rings. The van der Waals surface area contributed by atoms with E-state index in [4.69, 9.17) is 23.2 Å². The molecule has 9 nitrogen and oxygen atoms in total. The van der Waals surface area contributed by atoms with Crippen LogP contribution >= 0.6 is 23.2 Å². The molecule has 0 unspecified atom stereocenters. The summed E-state index contributed by atoms with van der Waals surface area (Å²) in [7, 11) is 0. The molecule has 1 atom stereocenters. The first-order chi connectivity index (χ1) is 16.8. The molecule has 186 valence electrons. The van der Waals surface area contributed by atoms with Crippen LogP contribution in [0.1, 0.15) is 35.2 Å². The number of unbranched alkanes of at least 4 members (excludes halogenated alkanes) is 1. The number of amides is 2. The van der Waals surface area contributed by atoms with E-state index >= 15 is 0 Å². The van der Waals surface area contributed by atoms with E-state index in [2.05, 4.69) is 26.3 Å². The van der Waals surface area contributed by atoms with Gasteiger partial charge in [0, 0.05) is 31.6 Å². The topological polar surface area (TPSA) is 132 Å². The number of anilines is 1. The Bertz CT molecular complexity index is 1070. The first kappa shape index (κ1) is 26.3. The molecule has 0 aliphatic carbocycles. The third kappa shape index (κ3) is 8.15. The van der Waals surface area contributed by atoms with Gasteiger partial charge in [0.15, 0.2) is 5.96 Å². The van der Waals surface area contributed by atoms with E-state index in [1.165, 1.54) is 12.1 Å². The van der Waals surface area contributed by atoms with Crippen molar-refractivity contribution in [1.29, 1.82) is 0 Å². The standard InChI is InChI=1S/C24H27Cl2N5O4/c25-17-4-3-5-18(26)21(17)22(33)31-19(23(34)35)14-15-7-9-16(10-8-15)30-20(32)6-1-2-11-27-24-28-12-13-29-24/h3-5,7-10,19H,1-2,6,11-14H2,(H,30,32)(H,31,33)(H,34,35)(H2,27,28,29)/t19-/m0/s1. The van der Waals surface area contributed by atoms with E-state index in [9.17, 15) is 19.5 Å². The molecule has 5 N–H and O–H groups in total. The Balaban J connectivity index is 1.46. The smallest absolute Gasteiger partial charge is 0.326 e. The van der Waals surface area contributed by atoms with E-state index in [1.807, 2.05) is 0 Å². The third-order valence-electron chi connectivity index (χ3n) is 5.27. The molecular formula is C24H27Cl2N5O4. The van der Waals surface area contributed by atoms with Crippen LogP contribution in [0.4, 0.5) is 5.69 Å². The van der Waals surface area contributed by atoms with E-state index in [0.29, 0.717) is 17.7 Å². The quantitative estimate of drug-likeness (QED) is 0.290. The van der Waals surface area contributed by atoms with Crippen molar-refractivity contribution in [3.05, 3.63) is 63.6 Å². The molecule has 2 amide bonds. The zero-order valence-electron chi connectivity index (χ0n) is 18.9. The molecule has 3 rings (SSSR count). The molecule has 2 aromatic carbocycles. The fraction of sp³-hybridized carbons (Fsp3) is 0.333. The van der Waals surface area contributed by atoms with Crippen molar-refractivity contribution in [2.45, 2.75) is 31.7 Å². The number of benzene rings is 2. The molecule has 0 saturated heterocycles. The highest BCUT2D eigenvalue weighted by Crippen LogP contribution is 2.24. The van der Waals surface area contributed by atoms with Gasteiger partial charge in [-0.15, -0.1) is 0 Å². The van der Waals surface area contributed by atoms with Crippen LogP contribution < -0.4 is 21.3 Å². The highest BCUT2D eigenvalue weighted by Gasteiger charge is 2.23. The minimum atomic E-state index is -1.19. The molecule has 1 aliphatic heterocycles. The van der Waals surface area contributed by atoms with E-state index in [1.54, 1.807) is 30.3 Å². The number of carbonyl (C=O) groups is 3. The lowest BCUT2D eigenvalue weighted by Crippen LogP contribution is -2.42. The molecule has 0 fully saturated rings. The molecule has 0 aromatic heterocycles. The number of rotatable bonds is 11. The number of aliphatic carboxylic acids is 1. The molecule has 0 bridgehead atoms. The predicted octanol–water partition coefficient (Wildman–Crippen LogP) is 3.08. The second-order valence-electron chi connectivity index (χ2n) is 7.95. The van der Waals surface area contributed by atoms with Gasteiger partial charge >= 0.3 is 5.97 Å². The van der Waals surface area contributed by atoms with Crippen molar-refractivity contribution in [2.24, 2.45) is 4.99 Å². The van der Waals surface area contributed by atoms with Gasteiger partial charge in [0.25, 0.3) is 5.91 Å². The monoisotopic (exact) mass is 519 g/mol. The maximum Gasteiger partial charge on any atom is 0.326 e. The Kier molecular flexibility index (Phi) is 9.75. The number of nitrogens with zero attached hydrogens (tertiary/aromatic N) is 1. The summed E-state index contributed by atoms with van der Waals surface area (Å²) in [6.07, 6.45) is 2.01. The predicted molar refractivity (Wildman–Crippen MR) is 136 cm³/mol. The fourth-order valence-corrected chi connectivity index (χ4v) is 4.03. The number of halogens is 2. The Morgan fingerprint density at radius 1 is 1.06 bits per heavy atom. The first-order valence-corrected chi connectivity index (χ1v) is 12.0. The molecule has 11 heteroatoms. The van der Waals surface area contributed by atoms with Gasteiger partial charge < -0.3 is 26.4 Å². The zero-order chi connectivity index (χ0) is 25.2. The summed E-state index contributed by atoms with van der Waals surface area (Å²) in [5, 5.41) is 21.5. The van der Waals surface area contributed by atoms with Crippen LogP contribution in [0, 0.1) is 0 Å². The SMILES string of the molecule is O=C(CCCCNC1=NCCN1)Nc1ccc(C[C@H](NC(=O)c2c(Cl)cccc2Cl)C(=O)O)cc1. The number of aliphatic imine (C=N–C) groups is 1.